The van der Waals surface area contributed by atoms with Gasteiger partial charge in [-0.3, -0.25) is 4.52 Å². The zero-order valence-corrected chi connectivity index (χ0v) is 12.9. The first kappa shape index (κ1) is 15.2. The highest BCUT2D eigenvalue weighted by Crippen LogP contribution is 2.45. The Morgan fingerprint density at radius 2 is 2.05 bits per heavy atom. The number of rotatable bonds is 2. The fourth-order valence-corrected chi connectivity index (χ4v) is 3.18. The van der Waals surface area contributed by atoms with E-state index < -0.39 is 25.2 Å². The van der Waals surface area contributed by atoms with E-state index in [0.717, 1.165) is 5.56 Å². The van der Waals surface area contributed by atoms with Crippen LogP contribution in [0, 0.1) is 0 Å². The van der Waals surface area contributed by atoms with Gasteiger partial charge in [0.25, 0.3) is 0 Å². The number of ether oxygens (including phenoxy) is 1. The maximum atomic E-state index is 11.3. The van der Waals surface area contributed by atoms with Gasteiger partial charge in [0.05, 0.1) is 0 Å². The van der Waals surface area contributed by atoms with Crippen molar-refractivity contribution < 1.29 is 28.0 Å². The average molecular weight is 326 g/mol. The Morgan fingerprint density at radius 3 is 2.73 bits per heavy atom. The van der Waals surface area contributed by atoms with Gasteiger partial charge >= 0.3 is 13.4 Å². The molecule has 8 heteroatoms. The van der Waals surface area contributed by atoms with Crippen LogP contribution in [0.1, 0.15) is 19.4 Å². The molecule has 1 aliphatic heterocycles. The molecule has 118 valence electrons. The molecule has 1 aromatic heterocycles. The lowest BCUT2D eigenvalue weighted by molar-refractivity contribution is -0.0390. The molecule has 0 aliphatic carbocycles. The first-order chi connectivity index (χ1) is 10.1. The van der Waals surface area contributed by atoms with Crippen molar-refractivity contribution >= 4 is 18.8 Å². The monoisotopic (exact) mass is 326 g/mol. The minimum atomic E-state index is -4.62. The molecule has 1 atom stereocenters. The molecule has 2 N–H and O–H groups in total. The Bertz CT molecular complexity index is 833. The summed E-state index contributed by atoms with van der Waals surface area (Å²) in [4.78, 5) is 29.3. The van der Waals surface area contributed by atoms with Gasteiger partial charge in [0.1, 0.15) is 23.0 Å². The summed E-state index contributed by atoms with van der Waals surface area (Å²) >= 11 is 0. The van der Waals surface area contributed by atoms with Crippen molar-refractivity contribution in [1.82, 2.24) is 0 Å². The zero-order valence-electron chi connectivity index (χ0n) is 12.0. The van der Waals surface area contributed by atoms with Gasteiger partial charge < -0.3 is 18.9 Å². The fourth-order valence-electron chi connectivity index (χ4n) is 2.52. The first-order valence-corrected chi connectivity index (χ1v) is 8.17. The third-order valence-electron chi connectivity index (χ3n) is 3.62. The Hall–Kier alpha value is -1.66. The molecule has 0 radical (unpaired) electrons. The molecular formula is C14H15O7P. The number of benzene rings is 1. The van der Waals surface area contributed by atoms with Gasteiger partial charge in [-0.15, -0.1) is 0 Å². The van der Waals surface area contributed by atoms with Crippen molar-refractivity contribution in [2.45, 2.75) is 32.0 Å². The summed E-state index contributed by atoms with van der Waals surface area (Å²) < 4.78 is 26.9. The lowest BCUT2D eigenvalue weighted by Crippen LogP contribution is -2.47. The van der Waals surface area contributed by atoms with Crippen LogP contribution in [0.2, 0.25) is 0 Å². The van der Waals surface area contributed by atoms with E-state index in [1.165, 1.54) is 6.07 Å². The molecule has 1 aliphatic rings. The maximum absolute atomic E-state index is 11.3. The highest BCUT2D eigenvalue weighted by atomic mass is 31.2. The normalized spacial score (nSPS) is 20.5. The lowest BCUT2D eigenvalue weighted by Gasteiger charge is -2.39. The third-order valence-corrected chi connectivity index (χ3v) is 4.15. The fraction of sp³-hybridized carbons (Fsp3) is 0.357. The van der Waals surface area contributed by atoms with Crippen LogP contribution in [0.5, 0.6) is 5.75 Å². The van der Waals surface area contributed by atoms with Gasteiger partial charge in [-0.2, -0.15) is 0 Å². The Balaban J connectivity index is 2.06. The molecule has 0 spiro atoms. The molecular weight excluding hydrogens is 311 g/mol. The van der Waals surface area contributed by atoms with Crippen molar-refractivity contribution in [3.63, 3.8) is 0 Å². The van der Waals surface area contributed by atoms with Crippen molar-refractivity contribution in [1.29, 1.82) is 0 Å². The molecule has 2 heterocycles. The Morgan fingerprint density at radius 1 is 1.32 bits per heavy atom. The van der Waals surface area contributed by atoms with Crippen LogP contribution in [-0.4, -0.2) is 21.5 Å². The van der Waals surface area contributed by atoms with Crippen molar-refractivity contribution in [2.75, 3.05) is 0 Å². The summed E-state index contributed by atoms with van der Waals surface area (Å²) in [5.74, 6) is 0.511. The predicted molar refractivity (Wildman–Crippen MR) is 77.8 cm³/mol. The first-order valence-electron chi connectivity index (χ1n) is 6.64. The van der Waals surface area contributed by atoms with Crippen molar-refractivity contribution in [3.05, 3.63) is 40.2 Å². The molecule has 0 bridgehead atoms. The molecule has 1 unspecified atom stereocenters. The quantitative estimate of drug-likeness (QED) is 0.642. The number of phosphoric ester groups is 1. The second-order valence-corrected chi connectivity index (χ2v) is 6.94. The Labute approximate surface area is 125 Å². The van der Waals surface area contributed by atoms with Gasteiger partial charge in [0.2, 0.25) is 0 Å². The van der Waals surface area contributed by atoms with Gasteiger partial charge in [0, 0.05) is 23.9 Å². The number of hydrogen-bond acceptors (Lipinski definition) is 5. The highest BCUT2D eigenvalue weighted by Gasteiger charge is 2.41. The SMILES string of the molecule is CC1(C)Oc2cc3oc(=O)ccc3cc2CC1OP(=O)(O)O. The van der Waals surface area contributed by atoms with Crippen LogP contribution in [0.25, 0.3) is 11.0 Å². The maximum Gasteiger partial charge on any atom is 0.470 e. The molecule has 7 nitrogen and oxygen atoms in total. The molecule has 0 saturated carbocycles. The van der Waals surface area contributed by atoms with Crippen LogP contribution >= 0.6 is 7.82 Å². The minimum Gasteiger partial charge on any atom is -0.485 e. The summed E-state index contributed by atoms with van der Waals surface area (Å²) in [7, 11) is -4.62. The summed E-state index contributed by atoms with van der Waals surface area (Å²) in [6.45, 7) is 3.36. The van der Waals surface area contributed by atoms with Crippen LogP contribution in [0.15, 0.2) is 33.5 Å². The topological polar surface area (TPSA) is 106 Å². The van der Waals surface area contributed by atoms with Crippen LogP contribution < -0.4 is 10.4 Å². The Kier molecular flexibility index (Phi) is 3.41. The number of hydrogen-bond donors (Lipinski definition) is 2. The third kappa shape index (κ3) is 2.94. The van der Waals surface area contributed by atoms with E-state index in [9.17, 15) is 9.36 Å². The van der Waals surface area contributed by atoms with E-state index in [0.29, 0.717) is 16.7 Å². The molecule has 0 fully saturated rings. The summed E-state index contributed by atoms with van der Waals surface area (Å²) in [6, 6.07) is 6.31. The van der Waals surface area contributed by atoms with E-state index in [1.807, 2.05) is 0 Å². The van der Waals surface area contributed by atoms with E-state index in [2.05, 4.69) is 0 Å². The van der Waals surface area contributed by atoms with Crippen molar-refractivity contribution in [3.8, 4) is 5.75 Å². The molecule has 1 aromatic carbocycles. The second kappa shape index (κ2) is 4.93. The van der Waals surface area contributed by atoms with E-state index in [4.69, 9.17) is 23.5 Å². The smallest absolute Gasteiger partial charge is 0.470 e. The zero-order chi connectivity index (χ0) is 16.1. The predicted octanol–water partition coefficient (Wildman–Crippen LogP) is 1.98. The second-order valence-electron chi connectivity index (χ2n) is 5.75. The van der Waals surface area contributed by atoms with E-state index in [1.54, 1.807) is 32.0 Å². The molecule has 2 aromatic rings. The summed E-state index contributed by atoms with van der Waals surface area (Å²) in [5, 5.41) is 0.705. The molecule has 3 rings (SSSR count). The highest BCUT2D eigenvalue weighted by molar-refractivity contribution is 7.46. The van der Waals surface area contributed by atoms with Gasteiger partial charge in [0.15, 0.2) is 0 Å². The average Bonchev–Trinajstić information content (AvgIpc) is 2.35. The van der Waals surface area contributed by atoms with Crippen molar-refractivity contribution in [2.24, 2.45) is 0 Å². The van der Waals surface area contributed by atoms with Gasteiger partial charge in [-0.25, -0.2) is 9.36 Å². The number of phosphoric acid groups is 1. The van der Waals surface area contributed by atoms with E-state index in [-0.39, 0.29) is 6.42 Å². The summed E-state index contributed by atoms with van der Waals surface area (Å²) in [5.41, 5.74) is -0.252. The van der Waals surface area contributed by atoms with E-state index >= 15 is 0 Å². The lowest BCUT2D eigenvalue weighted by atomic mass is 9.90. The van der Waals surface area contributed by atoms with Crippen LogP contribution in [0.4, 0.5) is 0 Å². The molecule has 22 heavy (non-hydrogen) atoms. The van der Waals surface area contributed by atoms with Gasteiger partial charge in [-0.1, -0.05) is 0 Å². The number of fused-ring (bicyclic) bond motifs is 2. The molecule has 0 saturated heterocycles. The summed E-state index contributed by atoms with van der Waals surface area (Å²) in [6.07, 6.45) is -0.517. The van der Waals surface area contributed by atoms with Crippen LogP contribution in [0.3, 0.4) is 0 Å². The standard InChI is InChI=1S/C14H15O7P/c1-14(2)12(21-22(16,17)18)6-9-5-8-3-4-13(15)19-10(8)7-11(9)20-14/h3-5,7,12H,6H2,1-2H3,(H2,16,17,18). The largest absolute Gasteiger partial charge is 0.485 e. The molecule has 0 amide bonds. The minimum absolute atomic E-state index is 0.280. The van der Waals surface area contributed by atoms with Gasteiger partial charge in [-0.05, 0) is 31.5 Å². The van der Waals surface area contributed by atoms with Crippen LogP contribution in [-0.2, 0) is 15.5 Å².